The summed E-state index contributed by atoms with van der Waals surface area (Å²) in [7, 11) is 2.11. The highest BCUT2D eigenvalue weighted by atomic mass is 19.4. The number of likely N-dealkylation sites (N-methyl/N-ethyl adjacent to an activating group) is 1. The average molecular weight is 451 g/mol. The molecule has 4 heterocycles. The van der Waals surface area contributed by atoms with Crippen molar-refractivity contribution in [1.82, 2.24) is 24.8 Å². The normalized spacial score (nSPS) is 25.3. The molecule has 2 atom stereocenters. The summed E-state index contributed by atoms with van der Waals surface area (Å²) >= 11 is 0. The van der Waals surface area contributed by atoms with Crippen molar-refractivity contribution in [2.24, 2.45) is 11.8 Å². The van der Waals surface area contributed by atoms with E-state index in [9.17, 15) is 18.0 Å². The Labute approximate surface area is 185 Å². The van der Waals surface area contributed by atoms with E-state index in [2.05, 4.69) is 27.3 Å². The number of rotatable bonds is 3. The average Bonchev–Trinajstić information content (AvgIpc) is 3.09. The molecule has 0 aromatic carbocycles. The second kappa shape index (κ2) is 8.20. The third-order valence-corrected chi connectivity index (χ3v) is 7.20. The summed E-state index contributed by atoms with van der Waals surface area (Å²) in [6.45, 7) is 2.98. The number of fused-ring (bicyclic) bond motifs is 2. The number of anilines is 1. The van der Waals surface area contributed by atoms with Crippen LogP contribution in [0, 0.1) is 11.8 Å². The molecule has 1 amide bonds. The van der Waals surface area contributed by atoms with E-state index in [1.54, 1.807) is 6.20 Å². The fourth-order valence-electron chi connectivity index (χ4n) is 5.26. The van der Waals surface area contributed by atoms with Crippen LogP contribution in [-0.2, 0) is 17.6 Å². The molecule has 5 rings (SSSR count). The van der Waals surface area contributed by atoms with E-state index in [-0.39, 0.29) is 30.7 Å². The van der Waals surface area contributed by atoms with Gasteiger partial charge in [-0.2, -0.15) is 22.8 Å². The highest BCUT2D eigenvalue weighted by Crippen LogP contribution is 2.38. The Morgan fingerprint density at radius 2 is 1.97 bits per heavy atom. The molecule has 1 N–H and O–H groups in total. The maximum absolute atomic E-state index is 13.1. The molecule has 1 aliphatic carbocycles. The molecule has 0 radical (unpaired) electrons. The van der Waals surface area contributed by atoms with Gasteiger partial charge in [0.15, 0.2) is 5.65 Å². The molecule has 2 aromatic heterocycles. The van der Waals surface area contributed by atoms with Crippen LogP contribution in [0.4, 0.5) is 19.0 Å². The van der Waals surface area contributed by atoms with Crippen LogP contribution < -0.4 is 10.2 Å². The Balaban J connectivity index is 1.28. The zero-order valence-electron chi connectivity index (χ0n) is 18.2. The van der Waals surface area contributed by atoms with Gasteiger partial charge in [-0.25, -0.2) is 4.98 Å². The lowest BCUT2D eigenvalue weighted by atomic mass is 9.84. The molecule has 32 heavy (non-hydrogen) atoms. The number of carbonyl (C=O) groups excluding carboxylic acids is 1. The van der Waals surface area contributed by atoms with E-state index in [0.717, 1.165) is 43.1 Å². The summed E-state index contributed by atoms with van der Waals surface area (Å²) in [6.07, 6.45) is 0.577. The minimum atomic E-state index is -4.18. The monoisotopic (exact) mass is 450 g/mol. The highest BCUT2D eigenvalue weighted by molar-refractivity contribution is 5.82. The van der Waals surface area contributed by atoms with Crippen molar-refractivity contribution in [3.8, 4) is 0 Å². The molecule has 1 saturated heterocycles. The first-order valence-electron chi connectivity index (χ1n) is 11.5. The van der Waals surface area contributed by atoms with E-state index < -0.39 is 12.1 Å². The first-order chi connectivity index (χ1) is 15.3. The van der Waals surface area contributed by atoms with Crippen molar-refractivity contribution in [2.45, 2.75) is 50.7 Å². The molecule has 2 aliphatic heterocycles. The Morgan fingerprint density at radius 3 is 2.75 bits per heavy atom. The molecular formula is C22H29F3N6O. The second-order valence-electron chi connectivity index (χ2n) is 9.48. The SMILES string of the molecule is CN1CCc2nc3ccnn3c(N3CC(C(=O)NC4CCCC(C(F)(F)F)C4)C3)c2CC1. The number of hydrogen-bond acceptors (Lipinski definition) is 5. The maximum Gasteiger partial charge on any atom is 0.391 e. The predicted octanol–water partition coefficient (Wildman–Crippen LogP) is 2.43. The first-order valence-corrected chi connectivity index (χ1v) is 11.5. The largest absolute Gasteiger partial charge is 0.391 e. The van der Waals surface area contributed by atoms with Gasteiger partial charge in [-0.3, -0.25) is 4.79 Å². The predicted molar refractivity (Wildman–Crippen MR) is 114 cm³/mol. The van der Waals surface area contributed by atoms with Gasteiger partial charge in [-0.1, -0.05) is 6.42 Å². The van der Waals surface area contributed by atoms with E-state index in [1.165, 1.54) is 5.56 Å². The van der Waals surface area contributed by atoms with Crippen molar-refractivity contribution in [3.05, 3.63) is 23.5 Å². The molecule has 3 aliphatic rings. The Bertz CT molecular complexity index is 999. The number of amides is 1. The minimum Gasteiger partial charge on any atom is -0.354 e. The van der Waals surface area contributed by atoms with Gasteiger partial charge in [-0.15, -0.1) is 0 Å². The summed E-state index contributed by atoms with van der Waals surface area (Å²) in [4.78, 5) is 22.0. The van der Waals surface area contributed by atoms with Gasteiger partial charge in [0.1, 0.15) is 5.82 Å². The number of halogens is 3. The van der Waals surface area contributed by atoms with E-state index >= 15 is 0 Å². The molecule has 1 saturated carbocycles. The molecular weight excluding hydrogens is 421 g/mol. The van der Waals surface area contributed by atoms with Gasteiger partial charge < -0.3 is 15.1 Å². The molecule has 0 spiro atoms. The molecule has 174 valence electrons. The fraction of sp³-hybridized carbons (Fsp3) is 0.682. The van der Waals surface area contributed by atoms with Crippen molar-refractivity contribution in [1.29, 1.82) is 0 Å². The van der Waals surface area contributed by atoms with Gasteiger partial charge in [0, 0.05) is 50.3 Å². The Kier molecular flexibility index (Phi) is 5.51. The second-order valence-corrected chi connectivity index (χ2v) is 9.48. The van der Waals surface area contributed by atoms with Crippen molar-refractivity contribution >= 4 is 17.4 Å². The van der Waals surface area contributed by atoms with Crippen LogP contribution in [-0.4, -0.2) is 70.8 Å². The molecule has 2 aromatic rings. The van der Waals surface area contributed by atoms with Crippen LogP contribution in [0.15, 0.2) is 12.3 Å². The molecule has 2 unspecified atom stereocenters. The number of hydrogen-bond donors (Lipinski definition) is 1. The molecule has 2 fully saturated rings. The molecule has 0 bridgehead atoms. The van der Waals surface area contributed by atoms with Crippen LogP contribution in [0.2, 0.25) is 0 Å². The molecule has 10 heteroatoms. The summed E-state index contributed by atoms with van der Waals surface area (Å²) in [5.41, 5.74) is 3.08. The smallest absolute Gasteiger partial charge is 0.354 e. The lowest BCUT2D eigenvalue weighted by molar-refractivity contribution is -0.184. The standard InChI is InChI=1S/C22H29F3N6O/c1-29-9-6-17-18(7-10-29)28-19-5-8-26-31(19)21(17)30-12-14(13-30)20(32)27-16-4-2-3-15(11-16)22(23,24)25/h5,8,14-16H,2-4,6-7,9-13H2,1H3,(H,27,32). The lowest BCUT2D eigenvalue weighted by Gasteiger charge is -2.42. The number of aromatic nitrogens is 3. The third-order valence-electron chi connectivity index (χ3n) is 7.20. The highest BCUT2D eigenvalue weighted by Gasteiger charge is 2.43. The van der Waals surface area contributed by atoms with E-state index in [0.29, 0.717) is 25.9 Å². The third kappa shape index (κ3) is 4.04. The number of alkyl halides is 3. The maximum atomic E-state index is 13.1. The lowest BCUT2D eigenvalue weighted by Crippen LogP contribution is -2.56. The Hall–Kier alpha value is -2.36. The van der Waals surface area contributed by atoms with Crippen molar-refractivity contribution in [3.63, 3.8) is 0 Å². The van der Waals surface area contributed by atoms with Crippen LogP contribution >= 0.6 is 0 Å². The quantitative estimate of drug-likeness (QED) is 0.778. The van der Waals surface area contributed by atoms with E-state index in [1.807, 2.05) is 10.6 Å². The van der Waals surface area contributed by atoms with Gasteiger partial charge in [-0.05, 0) is 32.7 Å². The number of nitrogens with zero attached hydrogens (tertiary/aromatic N) is 5. The van der Waals surface area contributed by atoms with Gasteiger partial charge in [0.2, 0.25) is 5.91 Å². The van der Waals surface area contributed by atoms with Gasteiger partial charge >= 0.3 is 6.18 Å². The van der Waals surface area contributed by atoms with Gasteiger partial charge in [0.05, 0.1) is 23.7 Å². The number of carbonyl (C=O) groups is 1. The zero-order chi connectivity index (χ0) is 22.5. The van der Waals surface area contributed by atoms with E-state index in [4.69, 9.17) is 4.98 Å². The summed E-state index contributed by atoms with van der Waals surface area (Å²) < 4.78 is 41.1. The van der Waals surface area contributed by atoms with Crippen LogP contribution in [0.1, 0.15) is 36.9 Å². The van der Waals surface area contributed by atoms with Crippen molar-refractivity contribution < 1.29 is 18.0 Å². The Morgan fingerprint density at radius 1 is 1.19 bits per heavy atom. The van der Waals surface area contributed by atoms with Crippen LogP contribution in [0.25, 0.3) is 5.65 Å². The van der Waals surface area contributed by atoms with Crippen LogP contribution in [0.3, 0.4) is 0 Å². The first kappa shape index (κ1) is 21.5. The van der Waals surface area contributed by atoms with Crippen molar-refractivity contribution in [2.75, 3.05) is 38.1 Å². The summed E-state index contributed by atoms with van der Waals surface area (Å²) in [5, 5.41) is 7.36. The number of nitrogens with one attached hydrogen (secondary N) is 1. The zero-order valence-corrected chi connectivity index (χ0v) is 18.2. The summed E-state index contributed by atoms with van der Waals surface area (Å²) in [6, 6.07) is 1.50. The minimum absolute atomic E-state index is 0.00896. The topological polar surface area (TPSA) is 65.8 Å². The van der Waals surface area contributed by atoms with Gasteiger partial charge in [0.25, 0.3) is 0 Å². The molecule has 7 nitrogen and oxygen atoms in total. The fourth-order valence-corrected chi connectivity index (χ4v) is 5.26. The van der Waals surface area contributed by atoms with Crippen LogP contribution in [0.5, 0.6) is 0 Å². The summed E-state index contributed by atoms with van der Waals surface area (Å²) in [5.74, 6) is -0.656.